The number of aromatic nitrogens is 1. The molecule has 0 unspecified atom stereocenters. The maximum absolute atomic E-state index is 12.6. The Morgan fingerprint density at radius 1 is 1.26 bits per heavy atom. The largest absolute Gasteiger partial charge is 0.462 e. The Kier molecular flexibility index (Phi) is 4.79. The van der Waals surface area contributed by atoms with Crippen LogP contribution in [0.5, 0.6) is 0 Å². The van der Waals surface area contributed by atoms with Crippen molar-refractivity contribution in [3.63, 3.8) is 0 Å². The van der Waals surface area contributed by atoms with Crippen LogP contribution in [0, 0.1) is 5.92 Å². The molecule has 0 N–H and O–H groups in total. The first-order valence-electron chi connectivity index (χ1n) is 8.47. The third-order valence-electron chi connectivity index (χ3n) is 4.26. The summed E-state index contributed by atoms with van der Waals surface area (Å²) in [5, 5.41) is 0.978. The van der Waals surface area contributed by atoms with Crippen LogP contribution in [0.15, 0.2) is 30.3 Å². The van der Waals surface area contributed by atoms with Crippen LogP contribution in [-0.2, 0) is 4.74 Å². The molecule has 23 heavy (non-hydrogen) atoms. The summed E-state index contributed by atoms with van der Waals surface area (Å²) in [7, 11) is 0. The van der Waals surface area contributed by atoms with Crippen LogP contribution in [0.25, 0.3) is 10.9 Å². The van der Waals surface area contributed by atoms with E-state index in [9.17, 15) is 4.79 Å². The highest BCUT2D eigenvalue weighted by atomic mass is 16.5. The second-order valence-electron chi connectivity index (χ2n) is 6.56. The minimum atomic E-state index is -0.259. The second kappa shape index (κ2) is 6.99. The van der Waals surface area contributed by atoms with Crippen LogP contribution in [0.4, 0.5) is 5.82 Å². The van der Waals surface area contributed by atoms with E-state index in [0.717, 1.165) is 49.1 Å². The first-order valence-corrected chi connectivity index (χ1v) is 8.47. The molecule has 0 spiro atoms. The monoisotopic (exact) mass is 312 g/mol. The van der Waals surface area contributed by atoms with Crippen LogP contribution >= 0.6 is 0 Å². The molecule has 2 aromatic rings. The van der Waals surface area contributed by atoms with Crippen molar-refractivity contribution in [2.75, 3.05) is 24.6 Å². The molecule has 122 valence electrons. The second-order valence-corrected chi connectivity index (χ2v) is 6.56. The fraction of sp³-hybridized carbons (Fsp3) is 0.474. The summed E-state index contributed by atoms with van der Waals surface area (Å²) in [6.45, 7) is 6.63. The molecule has 1 aromatic heterocycles. The molecule has 3 rings (SSSR count). The van der Waals surface area contributed by atoms with Gasteiger partial charge in [0.2, 0.25) is 0 Å². The van der Waals surface area contributed by atoms with Crippen molar-refractivity contribution in [3.8, 4) is 0 Å². The van der Waals surface area contributed by atoms with Gasteiger partial charge in [-0.15, -0.1) is 0 Å². The van der Waals surface area contributed by atoms with Crippen molar-refractivity contribution < 1.29 is 9.53 Å². The lowest BCUT2D eigenvalue weighted by molar-refractivity contribution is 0.0488. The van der Waals surface area contributed by atoms with Crippen LogP contribution < -0.4 is 4.90 Å². The maximum atomic E-state index is 12.6. The smallest absolute Gasteiger partial charge is 0.341 e. The minimum absolute atomic E-state index is 0.259. The third kappa shape index (κ3) is 3.63. The fourth-order valence-electron chi connectivity index (χ4n) is 2.89. The Labute approximate surface area is 137 Å². The van der Waals surface area contributed by atoms with Crippen LogP contribution in [0.2, 0.25) is 0 Å². The summed E-state index contributed by atoms with van der Waals surface area (Å²) in [6.07, 6.45) is 3.18. The van der Waals surface area contributed by atoms with Crippen molar-refractivity contribution in [1.82, 2.24) is 4.98 Å². The molecule has 1 aromatic carbocycles. The minimum Gasteiger partial charge on any atom is -0.462 e. The number of carbonyl (C=O) groups excluding carboxylic acids is 1. The highest BCUT2D eigenvalue weighted by Crippen LogP contribution is 2.27. The molecule has 0 amide bonds. The van der Waals surface area contributed by atoms with E-state index >= 15 is 0 Å². The van der Waals surface area contributed by atoms with Gasteiger partial charge in [-0.3, -0.25) is 0 Å². The van der Waals surface area contributed by atoms with Crippen LogP contribution in [-0.4, -0.2) is 30.6 Å². The number of carbonyl (C=O) groups is 1. The van der Waals surface area contributed by atoms with E-state index in [1.807, 2.05) is 30.3 Å². The van der Waals surface area contributed by atoms with E-state index in [-0.39, 0.29) is 5.97 Å². The number of para-hydroxylation sites is 1. The predicted octanol–water partition coefficient (Wildman–Crippen LogP) is 4.04. The maximum Gasteiger partial charge on any atom is 0.341 e. The van der Waals surface area contributed by atoms with Crippen molar-refractivity contribution >= 4 is 22.7 Å². The van der Waals surface area contributed by atoms with Gasteiger partial charge in [0.1, 0.15) is 11.4 Å². The molecule has 1 aliphatic heterocycles. The highest BCUT2D eigenvalue weighted by Gasteiger charge is 2.22. The normalized spacial score (nSPS) is 14.7. The van der Waals surface area contributed by atoms with Gasteiger partial charge in [-0.2, -0.15) is 0 Å². The summed E-state index contributed by atoms with van der Waals surface area (Å²) in [5.74, 6) is 1.04. The summed E-state index contributed by atoms with van der Waals surface area (Å²) in [4.78, 5) is 19.5. The van der Waals surface area contributed by atoms with Gasteiger partial charge in [-0.25, -0.2) is 9.78 Å². The first-order chi connectivity index (χ1) is 11.1. The van der Waals surface area contributed by atoms with Crippen molar-refractivity contribution in [1.29, 1.82) is 0 Å². The van der Waals surface area contributed by atoms with E-state index in [4.69, 9.17) is 9.72 Å². The van der Waals surface area contributed by atoms with Gasteiger partial charge in [0, 0.05) is 18.5 Å². The van der Waals surface area contributed by atoms with Crippen molar-refractivity contribution in [2.24, 2.45) is 5.92 Å². The zero-order valence-electron chi connectivity index (χ0n) is 13.9. The average molecular weight is 312 g/mol. The summed E-state index contributed by atoms with van der Waals surface area (Å²) >= 11 is 0. The number of hydrogen-bond donors (Lipinski definition) is 0. The Balaban J connectivity index is 1.92. The molecular formula is C19H24N2O2. The van der Waals surface area contributed by atoms with E-state index in [1.165, 1.54) is 0 Å². The van der Waals surface area contributed by atoms with E-state index in [0.29, 0.717) is 18.1 Å². The molecule has 1 fully saturated rings. The van der Waals surface area contributed by atoms with Gasteiger partial charge < -0.3 is 9.64 Å². The van der Waals surface area contributed by atoms with Gasteiger partial charge in [0.15, 0.2) is 0 Å². The highest BCUT2D eigenvalue weighted by molar-refractivity contribution is 5.99. The number of anilines is 1. The number of rotatable bonds is 5. The molecule has 0 bridgehead atoms. The van der Waals surface area contributed by atoms with E-state index < -0.39 is 0 Å². The number of nitrogens with zero attached hydrogens (tertiary/aromatic N) is 2. The fourth-order valence-corrected chi connectivity index (χ4v) is 2.89. The number of benzene rings is 1. The lowest BCUT2D eigenvalue weighted by Gasteiger charge is -2.20. The number of fused-ring (bicyclic) bond motifs is 1. The standard InChI is InChI=1S/C19H24N2O2/c1-14(2)9-12-23-19(22)16-13-15-7-3-4-8-17(15)20-18(16)21-10-5-6-11-21/h3-4,7-8,13-14H,5-6,9-12H2,1-2H3. The topological polar surface area (TPSA) is 42.4 Å². The lowest BCUT2D eigenvalue weighted by atomic mass is 10.1. The van der Waals surface area contributed by atoms with E-state index in [2.05, 4.69) is 18.7 Å². The molecule has 2 heterocycles. The molecular weight excluding hydrogens is 288 g/mol. The van der Waals surface area contributed by atoms with Gasteiger partial charge in [-0.05, 0) is 37.3 Å². The molecule has 0 atom stereocenters. The van der Waals surface area contributed by atoms with Crippen molar-refractivity contribution in [2.45, 2.75) is 33.1 Å². The molecule has 0 saturated carbocycles. The summed E-state index contributed by atoms with van der Waals surface area (Å²) in [5.41, 5.74) is 1.52. The zero-order chi connectivity index (χ0) is 16.2. The number of hydrogen-bond acceptors (Lipinski definition) is 4. The third-order valence-corrected chi connectivity index (χ3v) is 4.26. The van der Waals surface area contributed by atoms with Gasteiger partial charge in [0.05, 0.1) is 12.1 Å². The van der Waals surface area contributed by atoms with Crippen LogP contribution in [0.3, 0.4) is 0 Å². The average Bonchev–Trinajstić information content (AvgIpc) is 3.07. The summed E-state index contributed by atoms with van der Waals surface area (Å²) in [6, 6.07) is 9.84. The Morgan fingerprint density at radius 3 is 2.74 bits per heavy atom. The quantitative estimate of drug-likeness (QED) is 0.782. The lowest BCUT2D eigenvalue weighted by Crippen LogP contribution is -2.23. The number of esters is 1. The molecule has 1 aliphatic rings. The number of pyridine rings is 1. The van der Waals surface area contributed by atoms with Crippen LogP contribution in [0.1, 0.15) is 43.5 Å². The Bertz CT molecular complexity index is 691. The Morgan fingerprint density at radius 2 is 2.00 bits per heavy atom. The first kappa shape index (κ1) is 15.8. The van der Waals surface area contributed by atoms with Gasteiger partial charge in [0.25, 0.3) is 0 Å². The number of ether oxygens (including phenoxy) is 1. The molecule has 1 saturated heterocycles. The predicted molar refractivity (Wildman–Crippen MR) is 92.9 cm³/mol. The molecule has 4 nitrogen and oxygen atoms in total. The van der Waals surface area contributed by atoms with Gasteiger partial charge >= 0.3 is 5.97 Å². The Hall–Kier alpha value is -2.10. The van der Waals surface area contributed by atoms with Gasteiger partial charge in [-0.1, -0.05) is 32.0 Å². The molecule has 4 heteroatoms. The van der Waals surface area contributed by atoms with E-state index in [1.54, 1.807) is 0 Å². The molecule has 0 radical (unpaired) electrons. The molecule has 0 aliphatic carbocycles. The van der Waals surface area contributed by atoms with Crippen molar-refractivity contribution in [3.05, 3.63) is 35.9 Å². The SMILES string of the molecule is CC(C)CCOC(=O)c1cc2ccccc2nc1N1CCCC1. The zero-order valence-corrected chi connectivity index (χ0v) is 13.9. The summed E-state index contributed by atoms with van der Waals surface area (Å²) < 4.78 is 5.48.